The zero-order valence-corrected chi connectivity index (χ0v) is 17.7. The number of benzene rings is 1. The standard InChI is InChI=1S/C22H31N3O3/c1-15(13-23-20(27)28-22(5,6)7)14-25-12-11-16-17(9-8-10-18(16)25)19(26)24-21(2,3)4/h8-12H,1,13-14H2,2-7H3,(H,23,27)(H,24,26). The summed E-state index contributed by atoms with van der Waals surface area (Å²) in [5.74, 6) is -0.0960. The maximum Gasteiger partial charge on any atom is 0.407 e. The number of amides is 2. The summed E-state index contributed by atoms with van der Waals surface area (Å²) >= 11 is 0. The molecule has 1 aromatic heterocycles. The SMILES string of the molecule is C=C(CNC(=O)OC(C)(C)C)Cn1ccc2c(C(=O)NC(C)(C)C)cccc21. The number of hydrogen-bond acceptors (Lipinski definition) is 3. The van der Waals surface area contributed by atoms with Crippen LogP contribution in [0, 0.1) is 0 Å². The maximum atomic E-state index is 12.6. The van der Waals surface area contributed by atoms with Crippen molar-refractivity contribution in [1.82, 2.24) is 15.2 Å². The van der Waals surface area contributed by atoms with Crippen molar-refractivity contribution in [3.63, 3.8) is 0 Å². The Morgan fingerprint density at radius 2 is 1.79 bits per heavy atom. The van der Waals surface area contributed by atoms with E-state index in [9.17, 15) is 9.59 Å². The molecular weight excluding hydrogens is 354 g/mol. The Kier molecular flexibility index (Phi) is 6.22. The third-order valence-corrected chi connectivity index (χ3v) is 3.82. The van der Waals surface area contributed by atoms with Crippen molar-refractivity contribution < 1.29 is 14.3 Å². The summed E-state index contributed by atoms with van der Waals surface area (Å²) in [6.45, 7) is 16.2. The van der Waals surface area contributed by atoms with Gasteiger partial charge in [0.25, 0.3) is 5.91 Å². The van der Waals surface area contributed by atoms with Gasteiger partial charge in [-0.25, -0.2) is 4.79 Å². The van der Waals surface area contributed by atoms with Crippen molar-refractivity contribution in [3.05, 3.63) is 48.2 Å². The molecule has 0 aliphatic carbocycles. The average Bonchev–Trinajstić information content (AvgIpc) is 2.92. The Balaban J connectivity index is 2.08. The second kappa shape index (κ2) is 8.09. The van der Waals surface area contributed by atoms with Gasteiger partial charge in [0.1, 0.15) is 5.60 Å². The number of alkyl carbamates (subject to hydrolysis) is 1. The molecule has 1 aromatic carbocycles. The highest BCUT2D eigenvalue weighted by atomic mass is 16.6. The lowest BCUT2D eigenvalue weighted by Crippen LogP contribution is -2.40. The number of ether oxygens (including phenoxy) is 1. The molecule has 0 saturated heterocycles. The predicted octanol–water partition coefficient (Wildman–Crippen LogP) is 4.25. The van der Waals surface area contributed by atoms with Crippen LogP contribution < -0.4 is 10.6 Å². The summed E-state index contributed by atoms with van der Waals surface area (Å²) in [6, 6.07) is 7.60. The fourth-order valence-electron chi connectivity index (χ4n) is 2.78. The van der Waals surface area contributed by atoms with Gasteiger partial charge < -0.3 is 19.9 Å². The Hall–Kier alpha value is -2.76. The number of aromatic nitrogens is 1. The molecule has 0 bridgehead atoms. The van der Waals surface area contributed by atoms with Crippen LogP contribution in [0.3, 0.4) is 0 Å². The Morgan fingerprint density at radius 3 is 2.39 bits per heavy atom. The second-order valence-electron chi connectivity index (χ2n) is 8.99. The number of carbonyl (C=O) groups excluding carboxylic acids is 2. The third-order valence-electron chi connectivity index (χ3n) is 3.82. The first-order valence-electron chi connectivity index (χ1n) is 9.39. The molecule has 0 fully saturated rings. The van der Waals surface area contributed by atoms with Crippen LogP contribution in [-0.2, 0) is 11.3 Å². The number of carbonyl (C=O) groups is 2. The predicted molar refractivity (Wildman–Crippen MR) is 113 cm³/mol. The van der Waals surface area contributed by atoms with Gasteiger partial charge in [0, 0.05) is 41.3 Å². The van der Waals surface area contributed by atoms with Crippen molar-refractivity contribution >= 4 is 22.9 Å². The van der Waals surface area contributed by atoms with E-state index in [0.717, 1.165) is 16.5 Å². The van der Waals surface area contributed by atoms with Crippen LogP contribution in [0.1, 0.15) is 51.9 Å². The van der Waals surface area contributed by atoms with Crippen molar-refractivity contribution in [1.29, 1.82) is 0 Å². The molecule has 0 aliphatic rings. The lowest BCUT2D eigenvalue weighted by atomic mass is 10.1. The van der Waals surface area contributed by atoms with Gasteiger partial charge in [-0.2, -0.15) is 0 Å². The third kappa shape index (κ3) is 6.15. The summed E-state index contributed by atoms with van der Waals surface area (Å²) < 4.78 is 7.25. The summed E-state index contributed by atoms with van der Waals surface area (Å²) in [5.41, 5.74) is 1.58. The molecule has 2 amide bonds. The van der Waals surface area contributed by atoms with Crippen molar-refractivity contribution in [3.8, 4) is 0 Å². The van der Waals surface area contributed by atoms with E-state index in [1.807, 2.05) is 76.6 Å². The van der Waals surface area contributed by atoms with Crippen LogP contribution in [0.2, 0.25) is 0 Å². The lowest BCUT2D eigenvalue weighted by molar-refractivity contribution is 0.0532. The van der Waals surface area contributed by atoms with Crippen molar-refractivity contribution in [2.24, 2.45) is 0 Å². The highest BCUT2D eigenvalue weighted by molar-refractivity contribution is 6.06. The zero-order chi connectivity index (χ0) is 21.1. The highest BCUT2D eigenvalue weighted by Gasteiger charge is 2.18. The van der Waals surface area contributed by atoms with Gasteiger partial charge in [-0.1, -0.05) is 12.6 Å². The number of fused-ring (bicyclic) bond motifs is 1. The molecule has 2 rings (SSSR count). The Bertz CT molecular complexity index is 883. The molecule has 0 unspecified atom stereocenters. The highest BCUT2D eigenvalue weighted by Crippen LogP contribution is 2.22. The van der Waals surface area contributed by atoms with Gasteiger partial charge in [0.05, 0.1) is 0 Å². The van der Waals surface area contributed by atoms with Crippen LogP contribution in [0.4, 0.5) is 4.79 Å². The molecular formula is C22H31N3O3. The quantitative estimate of drug-likeness (QED) is 0.756. The summed E-state index contributed by atoms with van der Waals surface area (Å²) in [7, 11) is 0. The van der Waals surface area contributed by atoms with Gasteiger partial charge in [0.2, 0.25) is 0 Å². The molecule has 1 heterocycles. The molecule has 6 heteroatoms. The first kappa shape index (κ1) is 21.5. The van der Waals surface area contributed by atoms with Gasteiger partial charge in [0.15, 0.2) is 0 Å². The monoisotopic (exact) mass is 385 g/mol. The minimum atomic E-state index is -0.536. The molecule has 0 spiro atoms. The van der Waals surface area contributed by atoms with Crippen LogP contribution >= 0.6 is 0 Å². The Morgan fingerprint density at radius 1 is 1.11 bits per heavy atom. The fraction of sp³-hybridized carbons (Fsp3) is 0.455. The van der Waals surface area contributed by atoms with E-state index in [2.05, 4.69) is 17.2 Å². The molecule has 152 valence electrons. The largest absolute Gasteiger partial charge is 0.444 e. The Labute approximate surface area is 166 Å². The van der Waals surface area contributed by atoms with E-state index in [4.69, 9.17) is 4.74 Å². The smallest absolute Gasteiger partial charge is 0.407 e. The summed E-state index contributed by atoms with van der Waals surface area (Å²) in [4.78, 5) is 24.4. The fourth-order valence-corrected chi connectivity index (χ4v) is 2.78. The molecule has 28 heavy (non-hydrogen) atoms. The molecule has 6 nitrogen and oxygen atoms in total. The van der Waals surface area contributed by atoms with Gasteiger partial charge in [-0.05, 0) is 65.3 Å². The summed E-state index contributed by atoms with van der Waals surface area (Å²) in [6.07, 6.45) is 1.46. The van der Waals surface area contributed by atoms with E-state index < -0.39 is 11.7 Å². The molecule has 0 saturated carbocycles. The van der Waals surface area contributed by atoms with E-state index in [1.165, 1.54) is 0 Å². The van der Waals surface area contributed by atoms with E-state index in [-0.39, 0.29) is 11.4 Å². The first-order chi connectivity index (χ1) is 12.9. The molecule has 0 atom stereocenters. The van der Waals surface area contributed by atoms with Gasteiger partial charge in [-0.3, -0.25) is 4.79 Å². The number of nitrogens with one attached hydrogen (secondary N) is 2. The van der Waals surface area contributed by atoms with Crippen LogP contribution in [0.15, 0.2) is 42.6 Å². The lowest BCUT2D eigenvalue weighted by Gasteiger charge is -2.21. The van der Waals surface area contributed by atoms with Crippen LogP contribution in [0.5, 0.6) is 0 Å². The average molecular weight is 386 g/mol. The minimum Gasteiger partial charge on any atom is -0.444 e. The normalized spacial score (nSPS) is 11.9. The number of rotatable bonds is 5. The van der Waals surface area contributed by atoms with E-state index >= 15 is 0 Å². The summed E-state index contributed by atoms with van der Waals surface area (Å²) in [5, 5.41) is 6.60. The molecule has 0 radical (unpaired) electrons. The number of nitrogens with zero attached hydrogens (tertiary/aromatic N) is 1. The van der Waals surface area contributed by atoms with Gasteiger partial charge >= 0.3 is 6.09 Å². The van der Waals surface area contributed by atoms with E-state index in [1.54, 1.807) is 0 Å². The minimum absolute atomic E-state index is 0.0960. The second-order valence-corrected chi connectivity index (χ2v) is 8.99. The molecule has 2 aromatic rings. The van der Waals surface area contributed by atoms with Crippen molar-refractivity contribution in [2.45, 2.75) is 59.2 Å². The van der Waals surface area contributed by atoms with Crippen LogP contribution in [0.25, 0.3) is 10.9 Å². The topological polar surface area (TPSA) is 72.4 Å². The van der Waals surface area contributed by atoms with Crippen LogP contribution in [-0.4, -0.2) is 34.3 Å². The number of hydrogen-bond donors (Lipinski definition) is 2. The molecule has 0 aliphatic heterocycles. The maximum absolute atomic E-state index is 12.6. The van der Waals surface area contributed by atoms with Gasteiger partial charge in [-0.15, -0.1) is 0 Å². The first-order valence-corrected chi connectivity index (χ1v) is 9.39. The van der Waals surface area contributed by atoms with Crippen molar-refractivity contribution in [2.75, 3.05) is 6.54 Å². The zero-order valence-electron chi connectivity index (χ0n) is 17.7. The molecule has 2 N–H and O–H groups in total. The van der Waals surface area contributed by atoms with E-state index in [0.29, 0.717) is 18.7 Å².